The van der Waals surface area contributed by atoms with E-state index in [1.54, 1.807) is 24.3 Å². The summed E-state index contributed by atoms with van der Waals surface area (Å²) in [4.78, 5) is 0. The number of aliphatic hydroxyl groups excluding tert-OH is 8. The fraction of sp³-hybridized carbons (Fsp3) is 0.545. The molecule has 2 saturated heterocycles. The average molecular weight is 536 g/mol. The van der Waals surface area contributed by atoms with Gasteiger partial charge >= 0.3 is 0 Å². The van der Waals surface area contributed by atoms with E-state index in [4.69, 9.17) is 9.47 Å². The van der Waals surface area contributed by atoms with E-state index < -0.39 is 74.5 Å². The third-order valence-corrected chi connectivity index (χ3v) is 6.73. The van der Waals surface area contributed by atoms with Crippen molar-refractivity contribution in [1.82, 2.24) is 30.0 Å². The first kappa shape index (κ1) is 26.7. The highest BCUT2D eigenvalue weighted by Gasteiger charge is 2.46. The predicted molar refractivity (Wildman–Crippen MR) is 123 cm³/mol. The third kappa shape index (κ3) is 4.71. The number of benzene rings is 1. The lowest BCUT2D eigenvalue weighted by atomic mass is 9.98. The Morgan fingerprint density at radius 3 is 1.45 bits per heavy atom. The number of hydrogen-bond acceptors (Lipinski definition) is 14. The molecule has 206 valence electrons. The molecule has 16 nitrogen and oxygen atoms in total. The van der Waals surface area contributed by atoms with Crippen molar-refractivity contribution in [3.05, 3.63) is 36.7 Å². The maximum atomic E-state index is 10.3. The minimum absolute atomic E-state index is 0.380. The molecule has 4 heterocycles. The molecule has 16 heteroatoms. The highest BCUT2D eigenvalue weighted by atomic mass is 16.6. The van der Waals surface area contributed by atoms with Crippen LogP contribution in [-0.2, 0) is 9.47 Å². The SMILES string of the molecule is OC[C@H]1O[C@H](n2cc(-c3cccc(-c4cn([C@H]5O[C@H](CO)[C@@H](O)[C@H](O)[C@@H]5O)nn4)c3)nn2)[C@@H](O)[C@@H](O)[C@@H]1O. The lowest BCUT2D eigenvalue weighted by molar-refractivity contribution is -0.254. The second-order valence-electron chi connectivity index (χ2n) is 9.19. The van der Waals surface area contributed by atoms with Gasteiger partial charge in [0.05, 0.1) is 25.6 Å². The summed E-state index contributed by atoms with van der Waals surface area (Å²) in [5, 5.41) is 95.7. The second-order valence-corrected chi connectivity index (χ2v) is 9.19. The number of rotatable bonds is 6. The van der Waals surface area contributed by atoms with E-state index in [1.165, 1.54) is 21.8 Å². The standard InChI is InChI=1S/C22H28N6O10/c29-7-13-15(31)17(33)19(35)21(37-13)27-5-11(23-25-27)9-2-1-3-10(4-9)12-6-28(26-24-12)22-20(36)18(34)16(32)14(8-30)38-22/h1-6,13-22,29-36H,7-8H2/t13-,14-,15-,16-,17+,18+,19+,20+,21+,22+/m1/s1. The zero-order valence-corrected chi connectivity index (χ0v) is 19.7. The summed E-state index contributed by atoms with van der Waals surface area (Å²) < 4.78 is 13.4. The summed E-state index contributed by atoms with van der Waals surface area (Å²) in [6.07, 6.45) is -10.8. The Labute approximate surface area is 214 Å². The minimum atomic E-state index is -1.56. The van der Waals surface area contributed by atoms with Gasteiger partial charge in [-0.3, -0.25) is 0 Å². The number of ether oxygens (including phenoxy) is 2. The van der Waals surface area contributed by atoms with Gasteiger partial charge in [-0.1, -0.05) is 28.6 Å². The molecule has 2 aromatic heterocycles. The van der Waals surface area contributed by atoms with E-state index in [0.29, 0.717) is 22.5 Å². The number of nitrogens with zero attached hydrogens (tertiary/aromatic N) is 6. The summed E-state index contributed by atoms with van der Waals surface area (Å²) in [6, 6.07) is 6.94. The summed E-state index contributed by atoms with van der Waals surface area (Å²) in [5.41, 5.74) is 1.96. The molecule has 8 N–H and O–H groups in total. The van der Waals surface area contributed by atoms with Crippen molar-refractivity contribution in [3.63, 3.8) is 0 Å². The normalized spacial score (nSPS) is 35.9. The van der Waals surface area contributed by atoms with Gasteiger partial charge in [0.1, 0.15) is 60.2 Å². The van der Waals surface area contributed by atoms with Crippen LogP contribution in [0.15, 0.2) is 36.7 Å². The molecule has 2 fully saturated rings. The molecule has 0 aliphatic carbocycles. The third-order valence-electron chi connectivity index (χ3n) is 6.73. The molecule has 0 saturated carbocycles. The Hall–Kier alpha value is -2.90. The summed E-state index contributed by atoms with van der Waals surface area (Å²) in [7, 11) is 0. The van der Waals surface area contributed by atoms with Crippen LogP contribution >= 0.6 is 0 Å². The van der Waals surface area contributed by atoms with Crippen molar-refractivity contribution >= 4 is 0 Å². The van der Waals surface area contributed by atoms with Gasteiger partial charge < -0.3 is 50.3 Å². The number of aliphatic hydroxyl groups is 8. The molecule has 0 amide bonds. The first-order valence-corrected chi connectivity index (χ1v) is 11.8. The molecule has 0 spiro atoms. The van der Waals surface area contributed by atoms with Crippen molar-refractivity contribution in [3.8, 4) is 22.5 Å². The van der Waals surface area contributed by atoms with E-state index >= 15 is 0 Å². The summed E-state index contributed by atoms with van der Waals surface area (Å²) >= 11 is 0. The molecule has 1 aromatic carbocycles. The van der Waals surface area contributed by atoms with E-state index in [0.717, 1.165) is 0 Å². The Morgan fingerprint density at radius 2 is 1.05 bits per heavy atom. The summed E-state index contributed by atoms with van der Waals surface area (Å²) in [6.45, 7) is -1.15. The Morgan fingerprint density at radius 1 is 0.632 bits per heavy atom. The monoisotopic (exact) mass is 536 g/mol. The van der Waals surface area contributed by atoms with Gasteiger partial charge in [-0.25, -0.2) is 9.36 Å². The molecule has 0 bridgehead atoms. The van der Waals surface area contributed by atoms with E-state index in [-0.39, 0.29) is 0 Å². The van der Waals surface area contributed by atoms with Crippen LogP contribution < -0.4 is 0 Å². The van der Waals surface area contributed by atoms with Gasteiger partial charge in [0, 0.05) is 11.1 Å². The Balaban J connectivity index is 1.36. The molecule has 5 rings (SSSR count). The van der Waals surface area contributed by atoms with Crippen LogP contribution in [0.5, 0.6) is 0 Å². The van der Waals surface area contributed by atoms with Gasteiger partial charge in [0.25, 0.3) is 0 Å². The van der Waals surface area contributed by atoms with Gasteiger partial charge in [-0.2, -0.15) is 0 Å². The number of aromatic nitrogens is 6. The Bertz CT molecular complexity index is 1150. The molecule has 10 atom stereocenters. The lowest BCUT2D eigenvalue weighted by Crippen LogP contribution is -2.56. The molecule has 3 aromatic rings. The highest BCUT2D eigenvalue weighted by molar-refractivity contribution is 5.68. The number of hydrogen-bond donors (Lipinski definition) is 8. The minimum Gasteiger partial charge on any atom is -0.394 e. The molecule has 2 aliphatic rings. The molecular formula is C22H28N6O10. The van der Waals surface area contributed by atoms with Crippen LogP contribution in [0.2, 0.25) is 0 Å². The van der Waals surface area contributed by atoms with Gasteiger partial charge in [-0.15, -0.1) is 10.2 Å². The highest BCUT2D eigenvalue weighted by Crippen LogP contribution is 2.31. The largest absolute Gasteiger partial charge is 0.394 e. The fourth-order valence-electron chi connectivity index (χ4n) is 4.51. The van der Waals surface area contributed by atoms with Crippen LogP contribution in [0, 0.1) is 0 Å². The van der Waals surface area contributed by atoms with Gasteiger partial charge in [-0.05, 0) is 6.07 Å². The van der Waals surface area contributed by atoms with Crippen molar-refractivity contribution in [1.29, 1.82) is 0 Å². The smallest absolute Gasteiger partial charge is 0.180 e. The topological polar surface area (TPSA) is 242 Å². The van der Waals surface area contributed by atoms with E-state index in [9.17, 15) is 40.9 Å². The zero-order chi connectivity index (χ0) is 27.1. The van der Waals surface area contributed by atoms with Crippen molar-refractivity contribution < 1.29 is 50.3 Å². The van der Waals surface area contributed by atoms with Crippen molar-refractivity contribution in [2.75, 3.05) is 13.2 Å². The summed E-state index contributed by atoms with van der Waals surface area (Å²) in [5.74, 6) is 0. The first-order valence-electron chi connectivity index (χ1n) is 11.8. The molecular weight excluding hydrogens is 508 g/mol. The fourth-order valence-corrected chi connectivity index (χ4v) is 4.51. The quantitative estimate of drug-likeness (QED) is 0.150. The molecule has 2 aliphatic heterocycles. The van der Waals surface area contributed by atoms with Crippen LogP contribution in [0.1, 0.15) is 12.5 Å². The van der Waals surface area contributed by atoms with Crippen LogP contribution in [0.3, 0.4) is 0 Å². The van der Waals surface area contributed by atoms with Crippen molar-refractivity contribution in [2.45, 2.75) is 61.3 Å². The van der Waals surface area contributed by atoms with Gasteiger partial charge in [0.15, 0.2) is 12.5 Å². The predicted octanol–water partition coefficient (Wildman–Crippen LogP) is -3.85. The second kappa shape index (κ2) is 10.7. The Kier molecular flexibility index (Phi) is 7.51. The zero-order valence-electron chi connectivity index (χ0n) is 19.7. The average Bonchev–Trinajstić information content (AvgIpc) is 3.62. The van der Waals surface area contributed by atoms with Crippen molar-refractivity contribution in [2.24, 2.45) is 0 Å². The maximum Gasteiger partial charge on any atom is 0.180 e. The van der Waals surface area contributed by atoms with Crippen LogP contribution in [-0.4, -0.2) is 133 Å². The molecule has 0 unspecified atom stereocenters. The van der Waals surface area contributed by atoms with E-state index in [2.05, 4.69) is 20.6 Å². The lowest BCUT2D eigenvalue weighted by Gasteiger charge is -2.39. The molecule has 38 heavy (non-hydrogen) atoms. The molecule has 0 radical (unpaired) electrons. The van der Waals surface area contributed by atoms with Crippen LogP contribution in [0.4, 0.5) is 0 Å². The first-order chi connectivity index (χ1) is 18.2. The van der Waals surface area contributed by atoms with Gasteiger partial charge in [0.2, 0.25) is 0 Å². The van der Waals surface area contributed by atoms with E-state index in [1.807, 2.05) is 0 Å². The maximum absolute atomic E-state index is 10.3. The van der Waals surface area contributed by atoms with Crippen LogP contribution in [0.25, 0.3) is 22.5 Å².